The molecular weight excluding hydrogens is 254 g/mol. The van der Waals surface area contributed by atoms with Crippen LogP contribution >= 0.6 is 0 Å². The number of anilines is 2. The fraction of sp³-hybridized carbons (Fsp3) is 0.533. The summed E-state index contributed by atoms with van der Waals surface area (Å²) in [6.45, 7) is 4.86. The molecule has 1 saturated heterocycles. The zero-order chi connectivity index (χ0) is 14.1. The molecule has 2 heterocycles. The van der Waals surface area contributed by atoms with Gasteiger partial charge in [0.05, 0.1) is 23.0 Å². The van der Waals surface area contributed by atoms with E-state index in [1.807, 2.05) is 25.1 Å². The number of carbonyl (C=O) groups excluding carboxylic acids is 1. The van der Waals surface area contributed by atoms with Crippen molar-refractivity contribution in [3.8, 4) is 0 Å². The van der Waals surface area contributed by atoms with Crippen molar-refractivity contribution in [2.45, 2.75) is 19.4 Å². The normalized spacial score (nSPS) is 25.4. The van der Waals surface area contributed by atoms with Crippen LogP contribution in [-0.2, 0) is 0 Å². The number of β-amino-alcohol motifs (C(OH)–C–C–N with tert-alkyl or cyclic N) is 1. The molecule has 20 heavy (non-hydrogen) atoms. The van der Waals surface area contributed by atoms with E-state index in [9.17, 15) is 9.90 Å². The van der Waals surface area contributed by atoms with Crippen LogP contribution in [0.5, 0.6) is 0 Å². The molecule has 0 spiro atoms. The van der Waals surface area contributed by atoms with E-state index >= 15 is 0 Å². The van der Waals surface area contributed by atoms with Gasteiger partial charge in [-0.3, -0.25) is 4.79 Å². The van der Waals surface area contributed by atoms with E-state index in [4.69, 9.17) is 0 Å². The molecule has 2 aliphatic heterocycles. The first kappa shape index (κ1) is 13.2. The SMILES string of the molecule is CC1CCN(C(=O)c2cccc3c2NCCN3)CC1O. The minimum absolute atomic E-state index is 0.00370. The molecule has 0 aromatic heterocycles. The number of carbonyl (C=O) groups is 1. The summed E-state index contributed by atoms with van der Waals surface area (Å²) in [5.74, 6) is 0.271. The molecular formula is C15H21N3O2. The Bertz CT molecular complexity index is 518. The molecule has 1 aromatic rings. The predicted octanol–water partition coefficient (Wildman–Crippen LogP) is 1.37. The molecule has 3 rings (SSSR count). The number of aliphatic hydroxyl groups is 1. The number of nitrogens with one attached hydrogen (secondary N) is 2. The summed E-state index contributed by atoms with van der Waals surface area (Å²) in [4.78, 5) is 14.4. The highest BCUT2D eigenvalue weighted by Gasteiger charge is 2.29. The predicted molar refractivity (Wildman–Crippen MR) is 79.1 cm³/mol. The smallest absolute Gasteiger partial charge is 0.256 e. The third-order valence-corrected chi connectivity index (χ3v) is 4.24. The number of likely N-dealkylation sites (tertiary alicyclic amines) is 1. The van der Waals surface area contributed by atoms with Gasteiger partial charge in [0.25, 0.3) is 5.91 Å². The number of nitrogens with zero attached hydrogens (tertiary/aromatic N) is 1. The largest absolute Gasteiger partial charge is 0.391 e. The number of amides is 1. The lowest BCUT2D eigenvalue weighted by Crippen LogP contribution is -2.46. The van der Waals surface area contributed by atoms with Gasteiger partial charge in [-0.05, 0) is 24.5 Å². The standard InChI is InChI=1S/C15H21N3O2/c1-10-5-8-18(9-13(10)19)15(20)11-3-2-4-12-14(11)17-7-6-16-12/h2-4,10,13,16-17,19H,5-9H2,1H3. The lowest BCUT2D eigenvalue weighted by Gasteiger charge is -2.35. The van der Waals surface area contributed by atoms with Crippen LogP contribution in [0.1, 0.15) is 23.7 Å². The molecule has 1 amide bonds. The second-order valence-corrected chi connectivity index (χ2v) is 5.67. The van der Waals surface area contributed by atoms with E-state index in [1.165, 1.54) is 0 Å². The van der Waals surface area contributed by atoms with Crippen LogP contribution in [0.3, 0.4) is 0 Å². The van der Waals surface area contributed by atoms with Gasteiger partial charge in [0, 0.05) is 26.2 Å². The van der Waals surface area contributed by atoms with Gasteiger partial charge in [0.2, 0.25) is 0 Å². The Morgan fingerprint density at radius 3 is 2.95 bits per heavy atom. The zero-order valence-corrected chi connectivity index (χ0v) is 11.7. The number of benzene rings is 1. The van der Waals surface area contributed by atoms with E-state index in [2.05, 4.69) is 10.6 Å². The number of aliphatic hydroxyl groups excluding tert-OH is 1. The Morgan fingerprint density at radius 1 is 1.35 bits per heavy atom. The minimum Gasteiger partial charge on any atom is -0.391 e. The van der Waals surface area contributed by atoms with Crippen molar-refractivity contribution < 1.29 is 9.90 Å². The Balaban J connectivity index is 1.84. The molecule has 2 unspecified atom stereocenters. The molecule has 0 radical (unpaired) electrons. The Hall–Kier alpha value is -1.75. The van der Waals surface area contributed by atoms with Crippen molar-refractivity contribution >= 4 is 17.3 Å². The molecule has 2 aliphatic rings. The number of para-hydroxylation sites is 1. The quantitative estimate of drug-likeness (QED) is 0.724. The van der Waals surface area contributed by atoms with Crippen LogP contribution < -0.4 is 10.6 Å². The van der Waals surface area contributed by atoms with Gasteiger partial charge in [0.1, 0.15) is 0 Å². The number of piperidine rings is 1. The highest BCUT2D eigenvalue weighted by atomic mass is 16.3. The van der Waals surface area contributed by atoms with Gasteiger partial charge in [0.15, 0.2) is 0 Å². The van der Waals surface area contributed by atoms with E-state index in [0.717, 1.165) is 30.9 Å². The third kappa shape index (κ3) is 2.33. The van der Waals surface area contributed by atoms with Crippen molar-refractivity contribution in [1.82, 2.24) is 4.90 Å². The summed E-state index contributed by atoms with van der Waals surface area (Å²) >= 11 is 0. The number of fused-ring (bicyclic) bond motifs is 1. The molecule has 0 bridgehead atoms. The molecule has 108 valence electrons. The number of hydrogen-bond donors (Lipinski definition) is 3. The van der Waals surface area contributed by atoms with E-state index in [0.29, 0.717) is 18.7 Å². The van der Waals surface area contributed by atoms with Crippen LogP contribution in [0.25, 0.3) is 0 Å². The van der Waals surface area contributed by atoms with Crippen molar-refractivity contribution in [2.75, 3.05) is 36.8 Å². The number of rotatable bonds is 1. The average Bonchev–Trinajstić information content (AvgIpc) is 2.49. The van der Waals surface area contributed by atoms with Crippen molar-refractivity contribution in [3.63, 3.8) is 0 Å². The fourth-order valence-electron chi connectivity index (χ4n) is 2.86. The molecule has 0 saturated carbocycles. The summed E-state index contributed by atoms with van der Waals surface area (Å²) in [7, 11) is 0. The topological polar surface area (TPSA) is 64.6 Å². The zero-order valence-electron chi connectivity index (χ0n) is 11.7. The lowest BCUT2D eigenvalue weighted by atomic mass is 9.95. The van der Waals surface area contributed by atoms with Crippen LogP contribution in [0.2, 0.25) is 0 Å². The van der Waals surface area contributed by atoms with E-state index in [-0.39, 0.29) is 11.8 Å². The van der Waals surface area contributed by atoms with Gasteiger partial charge in [-0.25, -0.2) is 0 Å². The highest BCUT2D eigenvalue weighted by molar-refractivity contribution is 6.02. The fourth-order valence-corrected chi connectivity index (χ4v) is 2.86. The van der Waals surface area contributed by atoms with Gasteiger partial charge in [-0.1, -0.05) is 13.0 Å². The van der Waals surface area contributed by atoms with Crippen LogP contribution in [0.4, 0.5) is 11.4 Å². The maximum absolute atomic E-state index is 12.7. The first-order chi connectivity index (χ1) is 9.66. The minimum atomic E-state index is -0.418. The van der Waals surface area contributed by atoms with Crippen LogP contribution in [-0.4, -0.2) is 48.2 Å². The first-order valence-corrected chi connectivity index (χ1v) is 7.25. The molecule has 3 N–H and O–H groups in total. The summed E-state index contributed by atoms with van der Waals surface area (Å²) in [6, 6.07) is 5.73. The van der Waals surface area contributed by atoms with E-state index in [1.54, 1.807) is 4.90 Å². The summed E-state index contributed by atoms with van der Waals surface area (Å²) < 4.78 is 0. The Morgan fingerprint density at radius 2 is 2.15 bits per heavy atom. The summed E-state index contributed by atoms with van der Waals surface area (Å²) in [6.07, 6.45) is 0.437. The maximum atomic E-state index is 12.7. The highest BCUT2D eigenvalue weighted by Crippen LogP contribution is 2.30. The Kier molecular flexibility index (Phi) is 3.53. The van der Waals surface area contributed by atoms with Gasteiger partial charge in [-0.15, -0.1) is 0 Å². The van der Waals surface area contributed by atoms with Crippen molar-refractivity contribution in [3.05, 3.63) is 23.8 Å². The van der Waals surface area contributed by atoms with Crippen molar-refractivity contribution in [2.24, 2.45) is 5.92 Å². The van der Waals surface area contributed by atoms with Crippen LogP contribution in [0, 0.1) is 5.92 Å². The first-order valence-electron chi connectivity index (χ1n) is 7.25. The summed E-state index contributed by atoms with van der Waals surface area (Å²) in [5.41, 5.74) is 2.56. The van der Waals surface area contributed by atoms with Gasteiger partial charge < -0.3 is 20.6 Å². The van der Waals surface area contributed by atoms with E-state index < -0.39 is 6.10 Å². The lowest BCUT2D eigenvalue weighted by molar-refractivity contribution is 0.0249. The molecule has 1 aromatic carbocycles. The number of hydrogen-bond acceptors (Lipinski definition) is 4. The van der Waals surface area contributed by atoms with Crippen molar-refractivity contribution in [1.29, 1.82) is 0 Å². The third-order valence-electron chi connectivity index (χ3n) is 4.24. The van der Waals surface area contributed by atoms with Gasteiger partial charge in [-0.2, -0.15) is 0 Å². The molecule has 2 atom stereocenters. The summed E-state index contributed by atoms with van der Waals surface area (Å²) in [5, 5.41) is 16.6. The Labute approximate surface area is 119 Å². The second kappa shape index (κ2) is 5.32. The molecule has 5 nitrogen and oxygen atoms in total. The van der Waals surface area contributed by atoms with Gasteiger partial charge >= 0.3 is 0 Å². The monoisotopic (exact) mass is 275 g/mol. The molecule has 1 fully saturated rings. The van der Waals surface area contributed by atoms with Crippen LogP contribution in [0.15, 0.2) is 18.2 Å². The maximum Gasteiger partial charge on any atom is 0.256 e. The molecule has 5 heteroatoms. The molecule has 0 aliphatic carbocycles. The second-order valence-electron chi connectivity index (χ2n) is 5.67. The average molecular weight is 275 g/mol.